The Bertz CT molecular complexity index is 652. The maximum Gasteiger partial charge on any atom is 0.434 e. The average Bonchev–Trinajstić information content (AvgIpc) is 2.82. The number of hydrogen-bond acceptors (Lipinski definition) is 2. The van der Waals surface area contributed by atoms with Crippen molar-refractivity contribution in [3.05, 3.63) is 46.7 Å². The second kappa shape index (κ2) is 5.16. The predicted molar refractivity (Wildman–Crippen MR) is 67.0 cm³/mol. The molecule has 0 radical (unpaired) electrons. The minimum absolute atomic E-state index is 0.125. The first-order chi connectivity index (χ1) is 9.34. The van der Waals surface area contributed by atoms with Gasteiger partial charge in [-0.25, -0.2) is 4.68 Å². The zero-order chi connectivity index (χ0) is 14.9. The molecule has 0 aliphatic heterocycles. The minimum atomic E-state index is -4.72. The number of nitrogens with zero attached hydrogens (tertiary/aromatic N) is 2. The van der Waals surface area contributed by atoms with E-state index < -0.39 is 23.3 Å². The summed E-state index contributed by atoms with van der Waals surface area (Å²) in [6, 6.07) is 5.78. The van der Waals surface area contributed by atoms with Crippen LogP contribution in [0.1, 0.15) is 16.1 Å². The molecular formula is C12H9ClF3N3O. The Morgan fingerprint density at radius 2 is 2.10 bits per heavy atom. The van der Waals surface area contributed by atoms with Gasteiger partial charge < -0.3 is 5.32 Å². The van der Waals surface area contributed by atoms with E-state index in [0.717, 1.165) is 6.20 Å². The Balaban J connectivity index is 2.66. The molecule has 20 heavy (non-hydrogen) atoms. The lowest BCUT2D eigenvalue weighted by Gasteiger charge is -2.12. The fourth-order valence-electron chi connectivity index (χ4n) is 1.73. The van der Waals surface area contributed by atoms with Crippen molar-refractivity contribution in [3.63, 3.8) is 0 Å². The molecule has 1 N–H and O–H groups in total. The van der Waals surface area contributed by atoms with Crippen molar-refractivity contribution in [2.75, 3.05) is 7.05 Å². The molecule has 0 aliphatic carbocycles. The number of hydrogen-bond donors (Lipinski definition) is 1. The maximum atomic E-state index is 13.2. The fraction of sp³-hybridized carbons (Fsp3) is 0.167. The van der Waals surface area contributed by atoms with Crippen LogP contribution in [0.2, 0.25) is 5.02 Å². The summed E-state index contributed by atoms with van der Waals surface area (Å²) in [6.07, 6.45) is -3.84. The van der Waals surface area contributed by atoms with Crippen LogP contribution >= 0.6 is 11.6 Å². The predicted octanol–water partition coefficient (Wildman–Crippen LogP) is 2.90. The number of carbonyl (C=O) groups is 1. The van der Waals surface area contributed by atoms with Crippen LogP contribution in [-0.4, -0.2) is 22.7 Å². The SMILES string of the molecule is CNC(=O)c1cnn(-c2cccc(Cl)c2)c1C(F)(F)F. The first-order valence-corrected chi connectivity index (χ1v) is 5.85. The third-order valence-corrected chi connectivity index (χ3v) is 2.80. The minimum Gasteiger partial charge on any atom is -0.355 e. The Labute approximate surface area is 117 Å². The molecule has 0 saturated heterocycles. The van der Waals surface area contributed by atoms with E-state index in [4.69, 9.17) is 11.6 Å². The van der Waals surface area contributed by atoms with Crippen LogP contribution in [0, 0.1) is 0 Å². The van der Waals surface area contributed by atoms with Crippen molar-refractivity contribution in [2.24, 2.45) is 0 Å². The molecule has 4 nitrogen and oxygen atoms in total. The van der Waals surface area contributed by atoms with Gasteiger partial charge in [0.2, 0.25) is 0 Å². The molecule has 2 rings (SSSR count). The van der Waals surface area contributed by atoms with Gasteiger partial charge in [0.15, 0.2) is 5.69 Å². The Morgan fingerprint density at radius 1 is 1.40 bits per heavy atom. The van der Waals surface area contributed by atoms with Gasteiger partial charge in [-0.15, -0.1) is 0 Å². The van der Waals surface area contributed by atoms with E-state index in [9.17, 15) is 18.0 Å². The highest BCUT2D eigenvalue weighted by molar-refractivity contribution is 6.30. The molecule has 106 valence electrons. The van der Waals surface area contributed by atoms with E-state index >= 15 is 0 Å². The molecule has 8 heteroatoms. The standard InChI is InChI=1S/C12H9ClF3N3O/c1-17-11(20)9-6-18-19(10(9)12(14,15)16)8-4-2-3-7(13)5-8/h2-6H,1H3,(H,17,20). The molecule has 1 aromatic heterocycles. The summed E-state index contributed by atoms with van der Waals surface area (Å²) in [5.74, 6) is -0.856. The fourth-order valence-corrected chi connectivity index (χ4v) is 1.91. The Morgan fingerprint density at radius 3 is 2.65 bits per heavy atom. The summed E-state index contributed by atoms with van der Waals surface area (Å²) in [5, 5.41) is 6.06. The van der Waals surface area contributed by atoms with E-state index in [1.54, 1.807) is 0 Å². The van der Waals surface area contributed by atoms with E-state index in [1.165, 1.54) is 31.3 Å². The van der Waals surface area contributed by atoms with Crippen LogP contribution < -0.4 is 5.32 Å². The molecule has 0 unspecified atom stereocenters. The summed E-state index contributed by atoms with van der Waals surface area (Å²) < 4.78 is 40.1. The summed E-state index contributed by atoms with van der Waals surface area (Å²) in [6.45, 7) is 0. The van der Waals surface area contributed by atoms with Crippen molar-refractivity contribution in [1.29, 1.82) is 0 Å². The van der Waals surface area contributed by atoms with E-state index in [2.05, 4.69) is 10.4 Å². The lowest BCUT2D eigenvalue weighted by atomic mass is 10.2. The number of benzene rings is 1. The van der Waals surface area contributed by atoms with Crippen molar-refractivity contribution < 1.29 is 18.0 Å². The highest BCUT2D eigenvalue weighted by Crippen LogP contribution is 2.33. The molecule has 2 aromatic rings. The van der Waals surface area contributed by atoms with Gasteiger partial charge in [-0.1, -0.05) is 17.7 Å². The molecule has 0 spiro atoms. The van der Waals surface area contributed by atoms with E-state index in [0.29, 0.717) is 4.68 Å². The van der Waals surface area contributed by atoms with Gasteiger partial charge in [0.1, 0.15) is 0 Å². The summed E-state index contributed by atoms with van der Waals surface area (Å²) in [4.78, 5) is 11.5. The van der Waals surface area contributed by atoms with Crippen molar-refractivity contribution >= 4 is 17.5 Å². The monoisotopic (exact) mass is 303 g/mol. The van der Waals surface area contributed by atoms with Gasteiger partial charge in [-0.05, 0) is 18.2 Å². The Kier molecular flexibility index (Phi) is 3.71. The highest BCUT2D eigenvalue weighted by atomic mass is 35.5. The number of amides is 1. The molecule has 1 aromatic carbocycles. The molecular weight excluding hydrogens is 295 g/mol. The molecule has 0 bridgehead atoms. The number of carbonyl (C=O) groups excluding carboxylic acids is 1. The number of aromatic nitrogens is 2. The second-order valence-corrected chi connectivity index (χ2v) is 4.31. The molecule has 0 aliphatic rings. The number of rotatable bonds is 2. The van der Waals surface area contributed by atoms with Crippen LogP contribution in [0.4, 0.5) is 13.2 Å². The topological polar surface area (TPSA) is 46.9 Å². The van der Waals surface area contributed by atoms with Crippen molar-refractivity contribution in [1.82, 2.24) is 15.1 Å². The van der Waals surface area contributed by atoms with Gasteiger partial charge in [0.05, 0.1) is 17.4 Å². The summed E-state index contributed by atoms with van der Waals surface area (Å²) >= 11 is 5.76. The number of nitrogens with one attached hydrogen (secondary N) is 1. The van der Waals surface area contributed by atoms with Crippen LogP contribution in [0.3, 0.4) is 0 Å². The van der Waals surface area contributed by atoms with Gasteiger partial charge in [0, 0.05) is 12.1 Å². The van der Waals surface area contributed by atoms with Crippen molar-refractivity contribution in [2.45, 2.75) is 6.18 Å². The quantitative estimate of drug-likeness (QED) is 0.927. The maximum absolute atomic E-state index is 13.2. The lowest BCUT2D eigenvalue weighted by molar-refractivity contribution is -0.143. The first kappa shape index (κ1) is 14.4. The smallest absolute Gasteiger partial charge is 0.355 e. The third kappa shape index (κ3) is 2.62. The normalized spacial score (nSPS) is 11.4. The lowest BCUT2D eigenvalue weighted by Crippen LogP contribution is -2.23. The molecule has 1 amide bonds. The van der Waals surface area contributed by atoms with E-state index in [1.807, 2.05) is 0 Å². The molecule has 0 atom stereocenters. The molecule has 1 heterocycles. The van der Waals surface area contributed by atoms with Gasteiger partial charge >= 0.3 is 6.18 Å². The van der Waals surface area contributed by atoms with E-state index in [-0.39, 0.29) is 10.7 Å². The number of halogens is 4. The van der Waals surface area contributed by atoms with Crippen LogP contribution in [0.25, 0.3) is 5.69 Å². The largest absolute Gasteiger partial charge is 0.434 e. The molecule has 0 fully saturated rings. The van der Waals surface area contributed by atoms with Crippen molar-refractivity contribution in [3.8, 4) is 5.69 Å². The third-order valence-electron chi connectivity index (χ3n) is 2.56. The van der Waals surface area contributed by atoms with Crippen LogP contribution in [-0.2, 0) is 6.18 Å². The summed E-state index contributed by atoms with van der Waals surface area (Å²) in [5.41, 5.74) is -1.56. The van der Waals surface area contributed by atoms with Crippen LogP contribution in [0.15, 0.2) is 30.5 Å². The zero-order valence-electron chi connectivity index (χ0n) is 10.2. The Hall–Kier alpha value is -2.02. The average molecular weight is 304 g/mol. The second-order valence-electron chi connectivity index (χ2n) is 3.88. The summed E-state index contributed by atoms with van der Waals surface area (Å²) in [7, 11) is 1.25. The van der Waals surface area contributed by atoms with Gasteiger partial charge in [-0.3, -0.25) is 4.79 Å². The first-order valence-electron chi connectivity index (χ1n) is 5.48. The zero-order valence-corrected chi connectivity index (χ0v) is 11.0. The molecule has 0 saturated carbocycles. The van der Waals surface area contributed by atoms with Gasteiger partial charge in [0.25, 0.3) is 5.91 Å². The highest BCUT2D eigenvalue weighted by Gasteiger charge is 2.40. The number of alkyl halides is 3. The van der Waals surface area contributed by atoms with Crippen LogP contribution in [0.5, 0.6) is 0 Å². The van der Waals surface area contributed by atoms with Gasteiger partial charge in [-0.2, -0.15) is 18.3 Å².